The molecule has 0 aliphatic heterocycles. The molecule has 3 rings (SSSR count). The summed E-state index contributed by atoms with van der Waals surface area (Å²) in [6.07, 6.45) is 1.64. The van der Waals surface area contributed by atoms with Gasteiger partial charge in [0.15, 0.2) is 11.7 Å². The normalized spacial score (nSPS) is 10.6. The second-order valence-electron chi connectivity index (χ2n) is 6.45. The zero-order chi connectivity index (χ0) is 21.0. The summed E-state index contributed by atoms with van der Waals surface area (Å²) >= 11 is 0. The zero-order valence-corrected chi connectivity index (χ0v) is 15.9. The monoisotopic (exact) mass is 399 g/mol. The Kier molecular flexibility index (Phi) is 6.01. The Morgan fingerprint density at radius 3 is 2.52 bits per heavy atom. The van der Waals surface area contributed by atoms with Crippen LogP contribution in [0.1, 0.15) is 24.8 Å². The lowest BCUT2D eigenvalue weighted by Crippen LogP contribution is -2.14. The van der Waals surface area contributed by atoms with Gasteiger partial charge >= 0.3 is 0 Å². The molecule has 0 saturated heterocycles. The lowest BCUT2D eigenvalue weighted by atomic mass is 10.1. The van der Waals surface area contributed by atoms with E-state index in [4.69, 9.17) is 4.42 Å². The molecule has 150 valence electrons. The van der Waals surface area contributed by atoms with E-state index in [1.54, 1.807) is 25.1 Å². The number of rotatable bonds is 6. The molecular formula is C21H19F2N3O3. The first-order chi connectivity index (χ1) is 13.8. The summed E-state index contributed by atoms with van der Waals surface area (Å²) in [5.74, 6) is -1.46. The highest BCUT2D eigenvalue weighted by Crippen LogP contribution is 2.25. The molecule has 2 aromatic carbocycles. The van der Waals surface area contributed by atoms with Crippen LogP contribution in [-0.4, -0.2) is 16.8 Å². The molecule has 2 N–H and O–H groups in total. The predicted molar refractivity (Wildman–Crippen MR) is 104 cm³/mol. The Morgan fingerprint density at radius 2 is 1.83 bits per heavy atom. The highest BCUT2D eigenvalue weighted by atomic mass is 19.1. The van der Waals surface area contributed by atoms with Crippen molar-refractivity contribution in [3.63, 3.8) is 0 Å². The number of aryl methyl sites for hydroxylation is 1. The van der Waals surface area contributed by atoms with Crippen LogP contribution in [0.25, 0.3) is 11.3 Å². The second kappa shape index (κ2) is 8.64. The van der Waals surface area contributed by atoms with E-state index >= 15 is 0 Å². The minimum Gasteiger partial charge on any atom is -0.441 e. The van der Waals surface area contributed by atoms with Crippen LogP contribution in [-0.2, 0) is 16.0 Å². The van der Waals surface area contributed by atoms with Crippen LogP contribution in [0, 0.1) is 18.6 Å². The summed E-state index contributed by atoms with van der Waals surface area (Å²) in [5.41, 5.74) is 2.04. The van der Waals surface area contributed by atoms with Crippen molar-refractivity contribution in [2.75, 3.05) is 10.6 Å². The van der Waals surface area contributed by atoms with Crippen LogP contribution in [0.2, 0.25) is 0 Å². The highest BCUT2D eigenvalue weighted by Gasteiger charge is 2.14. The van der Waals surface area contributed by atoms with E-state index in [2.05, 4.69) is 15.6 Å². The Balaban J connectivity index is 1.62. The van der Waals surface area contributed by atoms with Crippen molar-refractivity contribution >= 4 is 23.2 Å². The minimum absolute atomic E-state index is 0.0929. The Labute approximate surface area is 166 Å². The summed E-state index contributed by atoms with van der Waals surface area (Å²) in [6.45, 7) is 3.20. The van der Waals surface area contributed by atoms with Gasteiger partial charge in [-0.25, -0.2) is 13.8 Å². The number of hydrogen-bond donors (Lipinski definition) is 2. The van der Waals surface area contributed by atoms with Gasteiger partial charge in [-0.1, -0.05) is 6.07 Å². The second-order valence-corrected chi connectivity index (χ2v) is 6.45. The fourth-order valence-electron chi connectivity index (χ4n) is 2.77. The smallest absolute Gasteiger partial charge is 0.224 e. The number of halogens is 2. The number of benzene rings is 2. The van der Waals surface area contributed by atoms with Gasteiger partial charge in [0, 0.05) is 37.2 Å². The van der Waals surface area contributed by atoms with Gasteiger partial charge in [0.05, 0.1) is 11.8 Å². The molecule has 8 heteroatoms. The van der Waals surface area contributed by atoms with Crippen LogP contribution in [0.5, 0.6) is 0 Å². The molecule has 0 saturated carbocycles. The SMILES string of the molecule is CC(=O)Nc1cccc(NC(=O)CCc2ncc(-c3ccc(F)cc3F)o2)c1C. The maximum absolute atomic E-state index is 13.8. The lowest BCUT2D eigenvalue weighted by Gasteiger charge is -2.12. The van der Waals surface area contributed by atoms with Gasteiger partial charge in [0.25, 0.3) is 0 Å². The third-order valence-electron chi connectivity index (χ3n) is 4.23. The minimum atomic E-state index is -0.750. The van der Waals surface area contributed by atoms with Gasteiger partial charge in [-0.2, -0.15) is 0 Å². The molecule has 0 fully saturated rings. The van der Waals surface area contributed by atoms with Crippen molar-refractivity contribution in [3.05, 3.63) is 65.7 Å². The maximum Gasteiger partial charge on any atom is 0.224 e. The van der Waals surface area contributed by atoms with Crippen molar-refractivity contribution in [2.24, 2.45) is 0 Å². The molecule has 0 aliphatic carbocycles. The van der Waals surface area contributed by atoms with Crippen molar-refractivity contribution in [1.82, 2.24) is 4.98 Å². The zero-order valence-electron chi connectivity index (χ0n) is 15.9. The predicted octanol–water partition coefficient (Wildman–Crippen LogP) is 4.46. The van der Waals surface area contributed by atoms with E-state index in [1.807, 2.05) is 0 Å². The molecule has 1 heterocycles. The molecule has 2 amide bonds. The quantitative estimate of drug-likeness (QED) is 0.641. The first-order valence-corrected chi connectivity index (χ1v) is 8.90. The van der Waals surface area contributed by atoms with Crippen LogP contribution in [0.4, 0.5) is 20.2 Å². The van der Waals surface area contributed by atoms with E-state index < -0.39 is 11.6 Å². The third-order valence-corrected chi connectivity index (χ3v) is 4.23. The fraction of sp³-hybridized carbons (Fsp3) is 0.190. The van der Waals surface area contributed by atoms with Crippen molar-refractivity contribution in [1.29, 1.82) is 0 Å². The Bertz CT molecular complexity index is 1060. The van der Waals surface area contributed by atoms with Crippen LogP contribution < -0.4 is 10.6 Å². The molecule has 29 heavy (non-hydrogen) atoms. The summed E-state index contributed by atoms with van der Waals surface area (Å²) < 4.78 is 32.3. The van der Waals surface area contributed by atoms with Crippen molar-refractivity contribution < 1.29 is 22.8 Å². The molecule has 1 aromatic heterocycles. The Hall–Kier alpha value is -3.55. The number of carbonyl (C=O) groups is 2. The summed E-state index contributed by atoms with van der Waals surface area (Å²) in [4.78, 5) is 27.6. The van der Waals surface area contributed by atoms with Crippen LogP contribution in [0.3, 0.4) is 0 Å². The molecule has 0 unspecified atom stereocenters. The number of oxazole rings is 1. The molecule has 0 radical (unpaired) electrons. The van der Waals surface area contributed by atoms with Gasteiger partial charge in [-0.15, -0.1) is 0 Å². The van der Waals surface area contributed by atoms with E-state index in [-0.39, 0.29) is 41.9 Å². The number of nitrogens with zero attached hydrogens (tertiary/aromatic N) is 1. The molecule has 0 bridgehead atoms. The van der Waals surface area contributed by atoms with Gasteiger partial charge in [0.2, 0.25) is 11.8 Å². The van der Waals surface area contributed by atoms with Crippen molar-refractivity contribution in [2.45, 2.75) is 26.7 Å². The van der Waals surface area contributed by atoms with Crippen LogP contribution in [0.15, 0.2) is 47.0 Å². The topological polar surface area (TPSA) is 84.2 Å². The third kappa shape index (κ3) is 5.04. The van der Waals surface area contributed by atoms with Gasteiger partial charge in [-0.3, -0.25) is 9.59 Å². The standard InChI is InChI=1S/C21H19F2N3O3/c1-12-17(25-13(2)27)4-3-5-18(12)26-20(28)8-9-21-24-11-19(29-21)15-7-6-14(22)10-16(15)23/h3-7,10-11H,8-9H2,1-2H3,(H,25,27)(H,26,28). The number of aromatic nitrogens is 1. The van der Waals surface area contributed by atoms with Crippen LogP contribution >= 0.6 is 0 Å². The molecule has 0 spiro atoms. The van der Waals surface area contributed by atoms with E-state index in [9.17, 15) is 18.4 Å². The largest absolute Gasteiger partial charge is 0.441 e. The molecular weight excluding hydrogens is 380 g/mol. The van der Waals surface area contributed by atoms with E-state index in [0.29, 0.717) is 11.4 Å². The lowest BCUT2D eigenvalue weighted by molar-refractivity contribution is -0.116. The fourth-order valence-corrected chi connectivity index (χ4v) is 2.77. The van der Waals surface area contributed by atoms with E-state index in [1.165, 1.54) is 19.2 Å². The number of anilines is 2. The maximum atomic E-state index is 13.8. The molecule has 0 atom stereocenters. The molecule has 6 nitrogen and oxygen atoms in total. The molecule has 3 aromatic rings. The summed E-state index contributed by atoms with van der Waals surface area (Å²) in [5, 5.41) is 5.49. The van der Waals surface area contributed by atoms with Gasteiger partial charge < -0.3 is 15.1 Å². The van der Waals surface area contributed by atoms with Gasteiger partial charge in [0.1, 0.15) is 11.6 Å². The van der Waals surface area contributed by atoms with Crippen molar-refractivity contribution in [3.8, 4) is 11.3 Å². The number of carbonyl (C=O) groups excluding carboxylic acids is 2. The molecule has 0 aliphatic rings. The average Bonchev–Trinajstić information content (AvgIpc) is 3.12. The first kappa shape index (κ1) is 20.2. The van der Waals surface area contributed by atoms with E-state index in [0.717, 1.165) is 17.7 Å². The average molecular weight is 399 g/mol. The highest BCUT2D eigenvalue weighted by molar-refractivity contribution is 5.95. The Morgan fingerprint density at radius 1 is 1.10 bits per heavy atom. The number of hydrogen-bond acceptors (Lipinski definition) is 4. The number of amides is 2. The summed E-state index contributed by atoms with van der Waals surface area (Å²) in [6, 6.07) is 8.38. The number of nitrogens with one attached hydrogen (secondary N) is 2. The first-order valence-electron chi connectivity index (χ1n) is 8.90. The summed E-state index contributed by atoms with van der Waals surface area (Å²) in [7, 11) is 0. The van der Waals surface area contributed by atoms with Gasteiger partial charge in [-0.05, 0) is 36.8 Å².